The summed E-state index contributed by atoms with van der Waals surface area (Å²) >= 11 is 0. The average molecular weight is 286 g/mol. The molecule has 3 rings (SSSR count). The minimum atomic E-state index is -0.526. The van der Waals surface area contributed by atoms with Crippen molar-refractivity contribution in [2.75, 3.05) is 13.1 Å². The molecule has 1 heterocycles. The largest absolute Gasteiger partial charge is 0.341 e. The molecule has 1 amide bonds. The number of rotatable bonds is 4. The number of hydrogen-bond donors (Lipinski definition) is 1. The predicted molar refractivity (Wildman–Crippen MR) is 84.8 cm³/mol. The van der Waals surface area contributed by atoms with Gasteiger partial charge in [-0.2, -0.15) is 0 Å². The van der Waals surface area contributed by atoms with Crippen LogP contribution in [0.2, 0.25) is 0 Å². The van der Waals surface area contributed by atoms with Gasteiger partial charge in [-0.3, -0.25) is 4.79 Å². The molecule has 1 saturated carbocycles. The molecule has 114 valence electrons. The maximum absolute atomic E-state index is 12.5. The van der Waals surface area contributed by atoms with E-state index in [1.54, 1.807) is 0 Å². The molecular formula is C18H26N2O. The molecule has 1 aliphatic heterocycles. The van der Waals surface area contributed by atoms with E-state index in [1.807, 2.05) is 4.90 Å². The normalized spacial score (nSPS) is 24.4. The summed E-state index contributed by atoms with van der Waals surface area (Å²) in [5.41, 5.74) is 7.07. The molecule has 1 aromatic rings. The van der Waals surface area contributed by atoms with Gasteiger partial charge in [0.25, 0.3) is 0 Å². The molecular weight excluding hydrogens is 260 g/mol. The SMILES string of the molecule is NC1(C(=O)N2CCC[C@@H](CCc3ccccc3)C2)CCC1. The standard InChI is InChI=1S/C18H26N2O/c19-18(11-5-12-18)17(21)20-13-4-8-16(14-20)10-9-15-6-2-1-3-7-15/h1-3,6-7,16H,4-5,8-14,19H2/t16-/m0/s1. The molecule has 21 heavy (non-hydrogen) atoms. The van der Waals surface area contributed by atoms with Gasteiger partial charge in [0.15, 0.2) is 0 Å². The molecule has 1 saturated heterocycles. The van der Waals surface area contributed by atoms with Crippen LogP contribution in [0.1, 0.15) is 44.1 Å². The first-order chi connectivity index (χ1) is 10.2. The van der Waals surface area contributed by atoms with E-state index in [0.29, 0.717) is 5.92 Å². The smallest absolute Gasteiger partial charge is 0.242 e. The number of hydrogen-bond acceptors (Lipinski definition) is 2. The van der Waals surface area contributed by atoms with Gasteiger partial charge in [0.05, 0.1) is 5.54 Å². The Morgan fingerprint density at radius 2 is 2.00 bits per heavy atom. The second-order valence-electron chi connectivity index (χ2n) is 6.79. The third-order valence-corrected chi connectivity index (χ3v) is 5.16. The molecule has 0 radical (unpaired) electrons. The highest BCUT2D eigenvalue weighted by atomic mass is 16.2. The summed E-state index contributed by atoms with van der Waals surface area (Å²) in [6, 6.07) is 10.6. The molecule has 0 aromatic heterocycles. The van der Waals surface area contributed by atoms with Gasteiger partial charge in [-0.15, -0.1) is 0 Å². The minimum absolute atomic E-state index is 0.207. The second kappa shape index (κ2) is 6.18. The van der Waals surface area contributed by atoms with Crippen molar-refractivity contribution in [3.05, 3.63) is 35.9 Å². The summed E-state index contributed by atoms with van der Waals surface area (Å²) in [6.07, 6.45) is 7.50. The molecule has 2 aliphatic rings. The molecule has 1 aromatic carbocycles. The van der Waals surface area contributed by atoms with Crippen LogP contribution in [0.4, 0.5) is 0 Å². The number of benzene rings is 1. The first kappa shape index (κ1) is 14.6. The lowest BCUT2D eigenvalue weighted by Gasteiger charge is -2.43. The molecule has 1 atom stereocenters. The van der Waals surface area contributed by atoms with E-state index in [0.717, 1.165) is 45.2 Å². The Hall–Kier alpha value is -1.35. The molecule has 0 bridgehead atoms. The van der Waals surface area contributed by atoms with E-state index in [1.165, 1.54) is 18.4 Å². The van der Waals surface area contributed by atoms with E-state index in [2.05, 4.69) is 30.3 Å². The lowest BCUT2D eigenvalue weighted by molar-refractivity contribution is -0.142. The summed E-state index contributed by atoms with van der Waals surface area (Å²) in [4.78, 5) is 14.6. The first-order valence-corrected chi connectivity index (χ1v) is 8.29. The predicted octanol–water partition coefficient (Wildman–Crippen LogP) is 2.74. The van der Waals surface area contributed by atoms with E-state index in [4.69, 9.17) is 5.73 Å². The van der Waals surface area contributed by atoms with Crippen molar-refractivity contribution in [2.45, 2.75) is 50.5 Å². The monoisotopic (exact) mass is 286 g/mol. The number of carbonyl (C=O) groups is 1. The lowest BCUT2D eigenvalue weighted by atomic mass is 9.76. The summed E-state index contributed by atoms with van der Waals surface area (Å²) in [5, 5.41) is 0. The van der Waals surface area contributed by atoms with Crippen molar-refractivity contribution in [1.29, 1.82) is 0 Å². The van der Waals surface area contributed by atoms with Crippen molar-refractivity contribution < 1.29 is 4.79 Å². The molecule has 3 nitrogen and oxygen atoms in total. The Labute approximate surface area is 127 Å². The average Bonchev–Trinajstić information content (AvgIpc) is 2.51. The summed E-state index contributed by atoms with van der Waals surface area (Å²) < 4.78 is 0. The maximum atomic E-state index is 12.5. The van der Waals surface area contributed by atoms with Crippen molar-refractivity contribution in [3.63, 3.8) is 0 Å². The van der Waals surface area contributed by atoms with Gasteiger partial charge < -0.3 is 10.6 Å². The Kier molecular flexibility index (Phi) is 4.29. The quantitative estimate of drug-likeness (QED) is 0.925. The van der Waals surface area contributed by atoms with Crippen molar-refractivity contribution in [1.82, 2.24) is 4.90 Å². The second-order valence-corrected chi connectivity index (χ2v) is 6.79. The highest BCUT2D eigenvalue weighted by Crippen LogP contribution is 2.32. The van der Waals surface area contributed by atoms with E-state index in [9.17, 15) is 4.79 Å². The molecule has 0 unspecified atom stereocenters. The Morgan fingerprint density at radius 1 is 1.24 bits per heavy atom. The first-order valence-electron chi connectivity index (χ1n) is 8.29. The molecule has 2 N–H and O–H groups in total. The number of piperidine rings is 1. The van der Waals surface area contributed by atoms with E-state index in [-0.39, 0.29) is 5.91 Å². The van der Waals surface area contributed by atoms with E-state index < -0.39 is 5.54 Å². The highest BCUT2D eigenvalue weighted by Gasteiger charge is 2.43. The fraction of sp³-hybridized carbons (Fsp3) is 0.611. The molecule has 2 fully saturated rings. The summed E-state index contributed by atoms with van der Waals surface area (Å²) in [5.74, 6) is 0.838. The van der Waals surface area contributed by atoms with Crippen LogP contribution >= 0.6 is 0 Å². The Bertz CT molecular complexity index is 481. The summed E-state index contributed by atoms with van der Waals surface area (Å²) in [7, 11) is 0. The van der Waals surface area contributed by atoms with Gasteiger partial charge in [0.1, 0.15) is 0 Å². The van der Waals surface area contributed by atoms with Crippen molar-refractivity contribution in [3.8, 4) is 0 Å². The van der Waals surface area contributed by atoms with Gasteiger partial charge in [-0.25, -0.2) is 0 Å². The number of aryl methyl sites for hydroxylation is 1. The molecule has 1 aliphatic carbocycles. The van der Waals surface area contributed by atoms with Gasteiger partial charge in [0.2, 0.25) is 5.91 Å². The van der Waals surface area contributed by atoms with Gasteiger partial charge in [0, 0.05) is 13.1 Å². The van der Waals surface area contributed by atoms with Gasteiger partial charge >= 0.3 is 0 Å². The fourth-order valence-electron chi connectivity index (χ4n) is 3.59. The topological polar surface area (TPSA) is 46.3 Å². The van der Waals surface area contributed by atoms with Crippen LogP contribution in [-0.2, 0) is 11.2 Å². The number of carbonyl (C=O) groups excluding carboxylic acids is 1. The number of amides is 1. The molecule has 0 spiro atoms. The van der Waals surface area contributed by atoms with Crippen LogP contribution in [0.15, 0.2) is 30.3 Å². The Balaban J connectivity index is 1.52. The zero-order valence-electron chi connectivity index (χ0n) is 12.8. The zero-order chi connectivity index (χ0) is 14.7. The van der Waals surface area contributed by atoms with Crippen LogP contribution in [0, 0.1) is 5.92 Å². The van der Waals surface area contributed by atoms with Crippen LogP contribution in [-0.4, -0.2) is 29.4 Å². The minimum Gasteiger partial charge on any atom is -0.341 e. The lowest BCUT2D eigenvalue weighted by Crippen LogP contribution is -2.60. The highest BCUT2D eigenvalue weighted by molar-refractivity contribution is 5.87. The Morgan fingerprint density at radius 3 is 2.67 bits per heavy atom. The fourth-order valence-corrected chi connectivity index (χ4v) is 3.59. The molecule has 3 heteroatoms. The number of likely N-dealkylation sites (tertiary alicyclic amines) is 1. The summed E-state index contributed by atoms with van der Waals surface area (Å²) in [6.45, 7) is 1.81. The van der Waals surface area contributed by atoms with Crippen LogP contribution in [0.3, 0.4) is 0 Å². The van der Waals surface area contributed by atoms with Crippen molar-refractivity contribution in [2.24, 2.45) is 11.7 Å². The third-order valence-electron chi connectivity index (χ3n) is 5.16. The van der Waals surface area contributed by atoms with Crippen LogP contribution in [0.25, 0.3) is 0 Å². The van der Waals surface area contributed by atoms with Crippen LogP contribution in [0.5, 0.6) is 0 Å². The maximum Gasteiger partial charge on any atom is 0.242 e. The third kappa shape index (κ3) is 3.29. The van der Waals surface area contributed by atoms with Crippen LogP contribution < -0.4 is 5.73 Å². The zero-order valence-corrected chi connectivity index (χ0v) is 12.8. The van der Waals surface area contributed by atoms with E-state index >= 15 is 0 Å². The number of nitrogens with zero attached hydrogens (tertiary/aromatic N) is 1. The van der Waals surface area contributed by atoms with Gasteiger partial charge in [-0.1, -0.05) is 30.3 Å². The number of nitrogens with two attached hydrogens (primary N) is 1. The van der Waals surface area contributed by atoms with Gasteiger partial charge in [-0.05, 0) is 56.4 Å². The van der Waals surface area contributed by atoms with Crippen molar-refractivity contribution >= 4 is 5.91 Å².